The maximum Gasteiger partial charge on any atom is 0.267 e. The molecule has 0 fully saturated rings. The highest BCUT2D eigenvalue weighted by Crippen LogP contribution is 2.41. The molecule has 0 spiro atoms. The number of benzene rings is 3. The fourth-order valence-corrected chi connectivity index (χ4v) is 5.09. The van der Waals surface area contributed by atoms with Crippen LogP contribution in [-0.4, -0.2) is 56.8 Å². The summed E-state index contributed by atoms with van der Waals surface area (Å²) in [5.74, 6) is -1.02. The molecule has 2 unspecified atom stereocenters. The Balaban J connectivity index is 1.85. The molecule has 2 atom stereocenters. The lowest BCUT2D eigenvalue weighted by Crippen LogP contribution is -2.41. The number of ether oxygens (including phenoxy) is 2. The number of halogens is 1. The summed E-state index contributed by atoms with van der Waals surface area (Å²) in [7, 11) is 0.0337. The molecule has 0 aromatic heterocycles. The zero-order chi connectivity index (χ0) is 27.0. The van der Waals surface area contributed by atoms with E-state index in [2.05, 4.69) is 4.99 Å². The minimum atomic E-state index is -4.29. The second kappa shape index (κ2) is 9.92. The third-order valence-corrected chi connectivity index (χ3v) is 7.08. The van der Waals surface area contributed by atoms with Gasteiger partial charge in [-0.05, 0) is 46.5 Å². The van der Waals surface area contributed by atoms with E-state index in [1.807, 2.05) is 0 Å². The summed E-state index contributed by atoms with van der Waals surface area (Å²) in [5.41, 5.74) is 6.69. The van der Waals surface area contributed by atoms with Crippen LogP contribution in [0, 0.1) is 5.82 Å². The van der Waals surface area contributed by atoms with Crippen molar-refractivity contribution in [3.05, 3.63) is 89.2 Å². The van der Waals surface area contributed by atoms with Gasteiger partial charge in [0.1, 0.15) is 17.3 Å². The van der Waals surface area contributed by atoms with E-state index in [1.165, 1.54) is 38.3 Å². The van der Waals surface area contributed by atoms with Gasteiger partial charge in [-0.2, -0.15) is 8.42 Å². The second-order valence-corrected chi connectivity index (χ2v) is 10.1. The molecule has 11 heteroatoms. The van der Waals surface area contributed by atoms with E-state index in [9.17, 15) is 22.2 Å². The normalized spacial score (nSPS) is 18.6. The van der Waals surface area contributed by atoms with Crippen molar-refractivity contribution in [2.45, 2.75) is 11.6 Å². The molecular formula is C26H26FN3O6S. The number of methoxy groups -OCH3 is 2. The first-order valence-corrected chi connectivity index (χ1v) is 12.8. The molecule has 194 valence electrons. The lowest BCUT2D eigenvalue weighted by molar-refractivity contribution is -0.129. The summed E-state index contributed by atoms with van der Waals surface area (Å²) in [6.45, 7) is 0. The Morgan fingerprint density at radius 1 is 1.08 bits per heavy atom. The monoisotopic (exact) mass is 527 g/mol. The van der Waals surface area contributed by atoms with Crippen molar-refractivity contribution in [1.82, 2.24) is 4.90 Å². The van der Waals surface area contributed by atoms with E-state index in [-0.39, 0.29) is 11.5 Å². The lowest BCUT2D eigenvalue weighted by Gasteiger charge is -2.27. The Morgan fingerprint density at radius 2 is 1.78 bits per heavy atom. The van der Waals surface area contributed by atoms with Gasteiger partial charge in [0, 0.05) is 19.7 Å². The highest BCUT2D eigenvalue weighted by Gasteiger charge is 2.49. The van der Waals surface area contributed by atoms with Gasteiger partial charge in [-0.25, -0.2) is 9.38 Å². The van der Waals surface area contributed by atoms with Gasteiger partial charge in [-0.15, -0.1) is 0 Å². The van der Waals surface area contributed by atoms with E-state index in [0.717, 1.165) is 0 Å². The van der Waals surface area contributed by atoms with Crippen molar-refractivity contribution >= 4 is 22.0 Å². The number of guanidine groups is 1. The fourth-order valence-electron chi connectivity index (χ4n) is 4.38. The van der Waals surface area contributed by atoms with Gasteiger partial charge in [0.2, 0.25) is 0 Å². The molecule has 0 radical (unpaired) electrons. The largest absolute Gasteiger partial charge is 0.497 e. The molecule has 3 aromatic carbocycles. The first-order valence-electron chi connectivity index (χ1n) is 11.2. The number of aliphatic imine (C=N–C) groups is 1. The first kappa shape index (κ1) is 26.3. The van der Waals surface area contributed by atoms with Gasteiger partial charge in [0.15, 0.2) is 11.5 Å². The summed E-state index contributed by atoms with van der Waals surface area (Å²) in [6, 6.07) is 17.6. The fraction of sp³-hybridized carbons (Fsp3) is 0.231. The average Bonchev–Trinajstić information content (AvgIpc) is 3.12. The number of hydrogen-bond acceptors (Lipinski definition) is 7. The van der Waals surface area contributed by atoms with Crippen molar-refractivity contribution in [2.75, 3.05) is 27.0 Å². The van der Waals surface area contributed by atoms with Crippen LogP contribution in [0.2, 0.25) is 0 Å². The number of rotatable bonds is 8. The SMILES string of the molecule is COc1ccc(F)c(-c2cccc(C3(c4ccc(C(CS(=O)(=O)O)OC)cc4)N=C(N)N(C)C3=O)c2)c1. The first-order chi connectivity index (χ1) is 17.5. The van der Waals surface area contributed by atoms with E-state index < -0.39 is 39.2 Å². The Hall–Kier alpha value is -3.80. The maximum absolute atomic E-state index is 14.7. The van der Waals surface area contributed by atoms with Crippen LogP contribution in [0.3, 0.4) is 0 Å². The van der Waals surface area contributed by atoms with Crippen LogP contribution in [0.4, 0.5) is 4.39 Å². The summed E-state index contributed by atoms with van der Waals surface area (Å²) in [6.07, 6.45) is -0.921. The lowest BCUT2D eigenvalue weighted by atomic mass is 9.81. The molecule has 37 heavy (non-hydrogen) atoms. The van der Waals surface area contributed by atoms with Crippen LogP contribution >= 0.6 is 0 Å². The molecule has 0 aliphatic carbocycles. The Bertz CT molecular complexity index is 1480. The summed E-state index contributed by atoms with van der Waals surface area (Å²) < 4.78 is 57.2. The third-order valence-electron chi connectivity index (χ3n) is 6.35. The molecule has 0 saturated carbocycles. The molecule has 1 heterocycles. The Morgan fingerprint density at radius 3 is 2.35 bits per heavy atom. The number of hydrogen-bond donors (Lipinski definition) is 2. The number of likely N-dealkylation sites (N-methyl/N-ethyl adjacent to an activating group) is 1. The number of carbonyl (C=O) groups excluding carboxylic acids is 1. The molecule has 3 aromatic rings. The number of nitrogens with zero attached hydrogens (tertiary/aromatic N) is 2. The predicted molar refractivity (Wildman–Crippen MR) is 136 cm³/mol. The second-order valence-electron chi connectivity index (χ2n) is 8.57. The van der Waals surface area contributed by atoms with E-state index >= 15 is 0 Å². The van der Waals surface area contributed by atoms with Crippen molar-refractivity contribution in [3.63, 3.8) is 0 Å². The molecule has 1 amide bonds. The molecule has 0 bridgehead atoms. The summed E-state index contributed by atoms with van der Waals surface area (Å²) >= 11 is 0. The van der Waals surface area contributed by atoms with E-state index in [4.69, 9.17) is 15.2 Å². The van der Waals surface area contributed by atoms with Crippen LogP contribution < -0.4 is 10.5 Å². The zero-order valence-electron chi connectivity index (χ0n) is 20.4. The quantitative estimate of drug-likeness (QED) is 0.430. The van der Waals surface area contributed by atoms with Gasteiger partial charge in [-0.1, -0.05) is 42.5 Å². The molecule has 9 nitrogen and oxygen atoms in total. The maximum atomic E-state index is 14.7. The van der Waals surface area contributed by atoms with E-state index in [0.29, 0.717) is 28.0 Å². The summed E-state index contributed by atoms with van der Waals surface area (Å²) in [5, 5.41) is 0. The van der Waals surface area contributed by atoms with Crippen LogP contribution in [0.1, 0.15) is 22.8 Å². The standard InChI is InChI=1S/C26H26FN3O6S/c1-30-24(31)26(29-25(30)28,18-9-7-16(8-10-18)23(36-3)15-37(32,33)34)19-6-4-5-17(13-19)21-14-20(35-2)11-12-22(21)27/h4-14,23H,15H2,1-3H3,(H2,28,29)(H,32,33,34). The smallest absolute Gasteiger partial charge is 0.267 e. The zero-order valence-corrected chi connectivity index (χ0v) is 21.2. The number of carbonyl (C=O) groups is 1. The summed E-state index contributed by atoms with van der Waals surface area (Å²) in [4.78, 5) is 19.4. The van der Waals surface area contributed by atoms with Crippen molar-refractivity contribution in [1.29, 1.82) is 0 Å². The van der Waals surface area contributed by atoms with Crippen LogP contribution in [0.25, 0.3) is 11.1 Å². The third kappa shape index (κ3) is 4.93. The molecule has 4 rings (SSSR count). The van der Waals surface area contributed by atoms with Gasteiger partial charge >= 0.3 is 0 Å². The topological polar surface area (TPSA) is 132 Å². The number of amides is 1. The minimum Gasteiger partial charge on any atom is -0.497 e. The highest BCUT2D eigenvalue weighted by molar-refractivity contribution is 7.85. The van der Waals surface area contributed by atoms with Crippen molar-refractivity contribution < 1.29 is 31.6 Å². The van der Waals surface area contributed by atoms with Crippen molar-refractivity contribution in [3.8, 4) is 16.9 Å². The van der Waals surface area contributed by atoms with Crippen LogP contribution in [-0.2, 0) is 25.2 Å². The Kier molecular flexibility index (Phi) is 7.05. The molecular weight excluding hydrogens is 501 g/mol. The van der Waals surface area contributed by atoms with E-state index in [1.54, 1.807) is 54.6 Å². The van der Waals surface area contributed by atoms with Gasteiger partial charge in [0.25, 0.3) is 16.0 Å². The molecule has 1 aliphatic heterocycles. The average molecular weight is 528 g/mol. The minimum absolute atomic E-state index is 0.00758. The van der Waals surface area contributed by atoms with Crippen LogP contribution in [0.15, 0.2) is 71.7 Å². The Labute approximate surface area is 214 Å². The molecule has 1 aliphatic rings. The van der Waals surface area contributed by atoms with Crippen LogP contribution in [0.5, 0.6) is 5.75 Å². The molecule has 3 N–H and O–H groups in total. The van der Waals surface area contributed by atoms with Gasteiger partial charge in [0.05, 0.1) is 13.2 Å². The van der Waals surface area contributed by atoms with Gasteiger partial charge < -0.3 is 15.2 Å². The number of nitrogens with two attached hydrogens (primary N) is 1. The van der Waals surface area contributed by atoms with Crippen molar-refractivity contribution in [2.24, 2.45) is 10.7 Å². The molecule has 0 saturated heterocycles. The predicted octanol–water partition coefficient (Wildman–Crippen LogP) is 3.11. The highest BCUT2D eigenvalue weighted by atomic mass is 32.2. The van der Waals surface area contributed by atoms with Gasteiger partial charge in [-0.3, -0.25) is 14.2 Å².